The molecule has 2 aliphatic heterocycles. The zero-order chi connectivity index (χ0) is 17.0. The fraction of sp³-hybridized carbons (Fsp3) is 0.611. The van der Waals surface area contributed by atoms with Crippen LogP contribution in [0.5, 0.6) is 5.75 Å². The smallest absolute Gasteiger partial charge is 0.254 e. The highest BCUT2D eigenvalue weighted by Gasteiger charge is 2.51. The van der Waals surface area contributed by atoms with Crippen LogP contribution < -0.4 is 10.1 Å². The lowest BCUT2D eigenvalue weighted by Crippen LogP contribution is -2.42. The number of rotatable bonds is 6. The van der Waals surface area contributed by atoms with Crippen LogP contribution in [0.3, 0.4) is 0 Å². The average molecular weight is 334 g/mol. The Bertz CT molecular complexity index is 555. The third kappa shape index (κ3) is 3.41. The molecule has 0 aromatic heterocycles. The average Bonchev–Trinajstić information content (AvgIpc) is 3.23. The molecule has 24 heavy (non-hydrogen) atoms. The highest BCUT2D eigenvalue weighted by atomic mass is 16.6. The van der Waals surface area contributed by atoms with Crippen LogP contribution in [-0.4, -0.2) is 69.5 Å². The maximum Gasteiger partial charge on any atom is 0.254 e. The molecule has 1 aromatic rings. The van der Waals surface area contributed by atoms with E-state index >= 15 is 0 Å². The molecule has 132 valence electrons. The second-order valence-corrected chi connectivity index (χ2v) is 6.40. The quantitative estimate of drug-likeness (QED) is 0.795. The molecule has 1 N–H and O–H groups in total. The summed E-state index contributed by atoms with van der Waals surface area (Å²) in [6, 6.07) is 7.32. The minimum atomic E-state index is -0.319. The Balaban J connectivity index is 1.64. The van der Waals surface area contributed by atoms with E-state index in [-0.39, 0.29) is 17.6 Å². The van der Waals surface area contributed by atoms with E-state index in [0.29, 0.717) is 25.3 Å². The molecular weight excluding hydrogens is 308 g/mol. The van der Waals surface area contributed by atoms with Crippen LogP contribution in [-0.2, 0) is 9.47 Å². The first-order valence-electron chi connectivity index (χ1n) is 8.52. The van der Waals surface area contributed by atoms with Crippen molar-refractivity contribution in [3.05, 3.63) is 29.8 Å². The van der Waals surface area contributed by atoms with Crippen molar-refractivity contribution in [1.29, 1.82) is 0 Å². The number of nitrogens with one attached hydrogen (secondary N) is 1. The van der Waals surface area contributed by atoms with Gasteiger partial charge in [0.1, 0.15) is 24.1 Å². The van der Waals surface area contributed by atoms with E-state index < -0.39 is 0 Å². The molecule has 0 radical (unpaired) electrons. The van der Waals surface area contributed by atoms with E-state index in [1.165, 1.54) is 0 Å². The second kappa shape index (κ2) is 7.51. The Morgan fingerprint density at radius 3 is 2.83 bits per heavy atom. The Hall–Kier alpha value is -1.63. The molecule has 3 rings (SSSR count). The molecule has 2 atom stereocenters. The lowest BCUT2D eigenvalue weighted by molar-refractivity contribution is -0.0754. The summed E-state index contributed by atoms with van der Waals surface area (Å²) in [6.45, 7) is 3.32. The standard InChI is InChI=1S/C18H26N2O4/c1-19-9-11-23-15-6-4-14(5-7-15)17(21)20-12-16(22-2)18(13-20)8-3-10-24-18/h4-7,16,19H,3,8-13H2,1-2H3/t16-,18-/m0/s1. The molecule has 1 spiro atoms. The van der Waals surface area contributed by atoms with Crippen molar-refractivity contribution in [2.75, 3.05) is 47.0 Å². The van der Waals surface area contributed by atoms with Crippen molar-refractivity contribution in [2.24, 2.45) is 0 Å². The lowest BCUT2D eigenvalue weighted by Gasteiger charge is -2.27. The summed E-state index contributed by atoms with van der Waals surface area (Å²) in [5.41, 5.74) is 0.349. The number of amides is 1. The molecule has 0 aliphatic carbocycles. The highest BCUT2D eigenvalue weighted by Crippen LogP contribution is 2.37. The Morgan fingerprint density at radius 1 is 1.42 bits per heavy atom. The Morgan fingerprint density at radius 2 is 2.21 bits per heavy atom. The number of methoxy groups -OCH3 is 1. The van der Waals surface area contributed by atoms with Gasteiger partial charge in [-0.1, -0.05) is 0 Å². The first-order chi connectivity index (χ1) is 11.7. The maximum absolute atomic E-state index is 12.8. The van der Waals surface area contributed by atoms with Gasteiger partial charge in [-0.05, 0) is 44.2 Å². The summed E-state index contributed by atoms with van der Waals surface area (Å²) in [5.74, 6) is 0.791. The second-order valence-electron chi connectivity index (χ2n) is 6.40. The molecule has 0 bridgehead atoms. The molecular formula is C18H26N2O4. The zero-order valence-corrected chi connectivity index (χ0v) is 14.4. The number of nitrogens with zero attached hydrogens (tertiary/aromatic N) is 1. The molecule has 0 unspecified atom stereocenters. The fourth-order valence-electron chi connectivity index (χ4n) is 3.54. The van der Waals surface area contributed by atoms with Gasteiger partial charge in [0.25, 0.3) is 5.91 Å². The summed E-state index contributed by atoms with van der Waals surface area (Å²) >= 11 is 0. The van der Waals surface area contributed by atoms with Gasteiger partial charge in [0.05, 0.1) is 13.1 Å². The van der Waals surface area contributed by atoms with E-state index in [4.69, 9.17) is 14.2 Å². The number of hydrogen-bond acceptors (Lipinski definition) is 5. The molecule has 2 heterocycles. The summed E-state index contributed by atoms with van der Waals surface area (Å²) in [7, 11) is 3.58. The number of ether oxygens (including phenoxy) is 3. The van der Waals surface area contributed by atoms with Gasteiger partial charge >= 0.3 is 0 Å². The van der Waals surface area contributed by atoms with Crippen LogP contribution in [0.1, 0.15) is 23.2 Å². The minimum absolute atomic E-state index is 0.0196. The SMILES string of the molecule is CNCCOc1ccc(C(=O)N2C[C@H](OC)[C@]3(CCCO3)C2)cc1. The fourth-order valence-corrected chi connectivity index (χ4v) is 3.54. The summed E-state index contributed by atoms with van der Waals surface area (Å²) in [4.78, 5) is 14.6. The van der Waals surface area contributed by atoms with Gasteiger partial charge in [-0.25, -0.2) is 0 Å². The molecule has 2 fully saturated rings. The van der Waals surface area contributed by atoms with E-state index in [9.17, 15) is 4.79 Å². The van der Waals surface area contributed by atoms with Gasteiger partial charge in [-0.15, -0.1) is 0 Å². The van der Waals surface area contributed by atoms with E-state index in [1.54, 1.807) is 7.11 Å². The number of likely N-dealkylation sites (tertiary alicyclic amines) is 1. The number of carbonyl (C=O) groups is 1. The van der Waals surface area contributed by atoms with Crippen LogP contribution in [0.2, 0.25) is 0 Å². The molecule has 2 aliphatic rings. The molecule has 6 heteroatoms. The molecule has 1 amide bonds. The summed E-state index contributed by atoms with van der Waals surface area (Å²) in [5, 5.41) is 3.03. The van der Waals surface area contributed by atoms with Crippen molar-refractivity contribution in [2.45, 2.75) is 24.5 Å². The molecule has 0 saturated carbocycles. The lowest BCUT2D eigenvalue weighted by atomic mass is 9.96. The number of benzene rings is 1. The first kappa shape index (κ1) is 17.2. The van der Waals surface area contributed by atoms with Gasteiger partial charge in [0, 0.05) is 25.8 Å². The maximum atomic E-state index is 12.8. The van der Waals surface area contributed by atoms with Gasteiger partial charge in [-0.3, -0.25) is 4.79 Å². The van der Waals surface area contributed by atoms with Crippen molar-refractivity contribution in [3.63, 3.8) is 0 Å². The number of likely N-dealkylation sites (N-methyl/N-ethyl adjacent to an activating group) is 1. The zero-order valence-electron chi connectivity index (χ0n) is 14.4. The Kier molecular flexibility index (Phi) is 5.38. The third-order valence-corrected chi connectivity index (χ3v) is 4.86. The first-order valence-corrected chi connectivity index (χ1v) is 8.52. The normalized spacial score (nSPS) is 26.2. The van der Waals surface area contributed by atoms with Gasteiger partial charge < -0.3 is 24.4 Å². The van der Waals surface area contributed by atoms with Crippen molar-refractivity contribution >= 4 is 5.91 Å². The summed E-state index contributed by atoms with van der Waals surface area (Å²) in [6.07, 6.45) is 1.93. The molecule has 2 saturated heterocycles. The van der Waals surface area contributed by atoms with Crippen LogP contribution in [0.4, 0.5) is 0 Å². The Labute approximate surface area is 143 Å². The third-order valence-electron chi connectivity index (χ3n) is 4.86. The van der Waals surface area contributed by atoms with Gasteiger partial charge in [0.15, 0.2) is 0 Å². The van der Waals surface area contributed by atoms with Crippen LogP contribution in [0, 0.1) is 0 Å². The molecule has 6 nitrogen and oxygen atoms in total. The largest absolute Gasteiger partial charge is 0.492 e. The monoisotopic (exact) mass is 334 g/mol. The van der Waals surface area contributed by atoms with Crippen LogP contribution in [0.25, 0.3) is 0 Å². The van der Waals surface area contributed by atoms with Crippen molar-refractivity contribution < 1.29 is 19.0 Å². The van der Waals surface area contributed by atoms with Crippen LogP contribution in [0.15, 0.2) is 24.3 Å². The van der Waals surface area contributed by atoms with Crippen molar-refractivity contribution in [1.82, 2.24) is 10.2 Å². The van der Waals surface area contributed by atoms with Crippen LogP contribution >= 0.6 is 0 Å². The van der Waals surface area contributed by atoms with E-state index in [1.807, 2.05) is 36.2 Å². The number of hydrogen-bond donors (Lipinski definition) is 1. The molecule has 1 aromatic carbocycles. The topological polar surface area (TPSA) is 60.0 Å². The minimum Gasteiger partial charge on any atom is -0.492 e. The van der Waals surface area contributed by atoms with Gasteiger partial charge in [0.2, 0.25) is 0 Å². The highest BCUT2D eigenvalue weighted by molar-refractivity contribution is 5.94. The van der Waals surface area contributed by atoms with Crippen molar-refractivity contribution in [3.8, 4) is 5.75 Å². The number of carbonyl (C=O) groups excluding carboxylic acids is 1. The van der Waals surface area contributed by atoms with E-state index in [0.717, 1.165) is 31.7 Å². The predicted octanol–water partition coefficient (Wildman–Crippen LogP) is 1.30. The van der Waals surface area contributed by atoms with Gasteiger partial charge in [-0.2, -0.15) is 0 Å². The summed E-state index contributed by atoms with van der Waals surface area (Å²) < 4.78 is 17.1. The predicted molar refractivity (Wildman–Crippen MR) is 90.5 cm³/mol. The van der Waals surface area contributed by atoms with E-state index in [2.05, 4.69) is 5.32 Å².